The van der Waals surface area contributed by atoms with Crippen molar-refractivity contribution < 1.29 is 5.11 Å². The van der Waals surface area contributed by atoms with E-state index < -0.39 is 5.60 Å². The van der Waals surface area contributed by atoms with E-state index in [-0.39, 0.29) is 6.04 Å². The minimum absolute atomic E-state index is 0.0625. The quantitative estimate of drug-likeness (QED) is 0.644. The molecule has 0 amide bonds. The number of rotatable bonds is 5. The van der Waals surface area contributed by atoms with Crippen LogP contribution in [0.15, 0.2) is 102 Å². The van der Waals surface area contributed by atoms with Gasteiger partial charge in [0.2, 0.25) is 0 Å². The van der Waals surface area contributed by atoms with Gasteiger partial charge in [-0.1, -0.05) is 96.6 Å². The van der Waals surface area contributed by atoms with Gasteiger partial charge >= 0.3 is 0 Å². The lowest BCUT2D eigenvalue weighted by molar-refractivity contribution is 0.0643. The molecule has 3 aromatic carbocycles. The molecule has 27 heavy (non-hydrogen) atoms. The molecule has 1 aliphatic rings. The molecule has 1 N–H and O–H groups in total. The van der Waals surface area contributed by atoms with Crippen molar-refractivity contribution in [3.8, 4) is 0 Å². The minimum Gasteiger partial charge on any atom is -0.378 e. The van der Waals surface area contributed by atoms with Gasteiger partial charge in [0.1, 0.15) is 11.6 Å². The van der Waals surface area contributed by atoms with E-state index in [1.54, 1.807) is 0 Å². The van der Waals surface area contributed by atoms with Crippen LogP contribution in [0.25, 0.3) is 0 Å². The Hall–Kier alpha value is -2.84. The topological polar surface area (TPSA) is 23.2 Å². The fraction of sp³-hybridized carbons (Fsp3) is 0.200. The molecule has 3 aromatic rings. The van der Waals surface area contributed by atoms with Crippen molar-refractivity contribution in [1.82, 2.24) is 4.90 Å². The molecule has 136 valence electrons. The highest BCUT2D eigenvalue weighted by atomic mass is 16.3. The Kier molecular flexibility index (Phi) is 4.59. The first-order valence-electron chi connectivity index (χ1n) is 9.43. The highest BCUT2D eigenvalue weighted by Crippen LogP contribution is 2.51. The lowest BCUT2D eigenvalue weighted by Crippen LogP contribution is -2.35. The summed E-state index contributed by atoms with van der Waals surface area (Å²) >= 11 is 0. The van der Waals surface area contributed by atoms with Crippen LogP contribution >= 0.6 is 0 Å². The zero-order valence-corrected chi connectivity index (χ0v) is 15.8. The maximum absolute atomic E-state index is 12.1. The zero-order chi connectivity index (χ0) is 18.9. The summed E-state index contributed by atoms with van der Waals surface area (Å²) in [4.78, 5) is 2.32. The van der Waals surface area contributed by atoms with Crippen LogP contribution in [0.2, 0.25) is 0 Å². The van der Waals surface area contributed by atoms with Crippen molar-refractivity contribution in [1.29, 1.82) is 0 Å². The van der Waals surface area contributed by atoms with Crippen LogP contribution in [0.4, 0.5) is 0 Å². The fourth-order valence-electron chi connectivity index (χ4n) is 4.04. The van der Waals surface area contributed by atoms with Gasteiger partial charge in [-0.15, -0.1) is 0 Å². The summed E-state index contributed by atoms with van der Waals surface area (Å²) in [6.45, 7) is 5.06. The Labute approximate surface area is 161 Å². The largest absolute Gasteiger partial charge is 0.378 e. The van der Waals surface area contributed by atoms with E-state index in [4.69, 9.17) is 0 Å². The van der Waals surface area contributed by atoms with Gasteiger partial charge in [-0.05, 0) is 30.5 Å². The van der Waals surface area contributed by atoms with Crippen LogP contribution in [0, 0.1) is 0 Å². The van der Waals surface area contributed by atoms with Gasteiger partial charge in [0.15, 0.2) is 0 Å². The lowest BCUT2D eigenvalue weighted by Gasteiger charge is -2.29. The molecule has 1 heterocycles. The third-order valence-electron chi connectivity index (χ3n) is 5.34. The number of hydrogen-bond acceptors (Lipinski definition) is 2. The SMILES string of the molecule is CC(C)=C1C(C(O)(c2ccccc2)c2ccccc2)N1Cc1ccccc1. The maximum atomic E-state index is 12.1. The molecule has 4 rings (SSSR count). The molecule has 0 bridgehead atoms. The summed E-state index contributed by atoms with van der Waals surface area (Å²) in [5.41, 5.74) is 4.51. The highest BCUT2D eigenvalue weighted by molar-refractivity contribution is 5.48. The third kappa shape index (κ3) is 3.17. The van der Waals surface area contributed by atoms with E-state index in [0.717, 1.165) is 17.7 Å². The Morgan fingerprint density at radius 2 is 1.22 bits per heavy atom. The number of benzene rings is 3. The maximum Gasteiger partial charge on any atom is 0.140 e. The standard InChI is InChI=1S/C25H25NO/c1-19(2)23-24(26(23)18-20-12-6-3-7-13-20)25(27,21-14-8-4-9-15-21)22-16-10-5-11-17-22/h3-17,24,27H,18H2,1-2H3. The molecule has 1 fully saturated rings. The first kappa shape index (κ1) is 17.6. The second-order valence-electron chi connectivity index (χ2n) is 7.40. The zero-order valence-electron chi connectivity index (χ0n) is 15.8. The molecule has 1 unspecified atom stereocenters. The normalized spacial score (nSPS) is 16.3. The molecule has 0 saturated carbocycles. The van der Waals surface area contributed by atoms with Crippen molar-refractivity contribution in [3.05, 3.63) is 119 Å². The smallest absolute Gasteiger partial charge is 0.140 e. The minimum atomic E-state index is -1.08. The van der Waals surface area contributed by atoms with E-state index in [1.807, 2.05) is 66.7 Å². The molecule has 2 heteroatoms. The Bertz CT molecular complexity index is 888. The summed E-state index contributed by atoms with van der Waals surface area (Å²) in [5.74, 6) is 0. The molecule has 1 saturated heterocycles. The molecule has 1 aliphatic heterocycles. The van der Waals surface area contributed by atoms with Gasteiger partial charge in [0.25, 0.3) is 0 Å². The first-order valence-corrected chi connectivity index (χ1v) is 9.43. The molecule has 0 aromatic heterocycles. The number of hydrogen-bond donors (Lipinski definition) is 1. The average molecular weight is 355 g/mol. The van der Waals surface area contributed by atoms with E-state index in [0.29, 0.717) is 0 Å². The van der Waals surface area contributed by atoms with Gasteiger partial charge in [-0.3, -0.25) is 0 Å². The Morgan fingerprint density at radius 3 is 1.67 bits per heavy atom. The van der Waals surface area contributed by atoms with Crippen LogP contribution in [0.1, 0.15) is 30.5 Å². The van der Waals surface area contributed by atoms with Crippen LogP contribution < -0.4 is 0 Å². The van der Waals surface area contributed by atoms with Gasteiger partial charge in [-0.25, -0.2) is 0 Å². The van der Waals surface area contributed by atoms with Crippen molar-refractivity contribution in [2.75, 3.05) is 0 Å². The van der Waals surface area contributed by atoms with Crippen molar-refractivity contribution in [2.45, 2.75) is 32.0 Å². The van der Waals surface area contributed by atoms with Gasteiger partial charge in [-0.2, -0.15) is 0 Å². The van der Waals surface area contributed by atoms with Gasteiger partial charge in [0.05, 0.1) is 0 Å². The van der Waals surface area contributed by atoms with Crippen LogP contribution in [0.3, 0.4) is 0 Å². The second kappa shape index (κ2) is 7.05. The Morgan fingerprint density at radius 1 is 0.778 bits per heavy atom. The molecule has 1 atom stereocenters. The fourth-order valence-corrected chi connectivity index (χ4v) is 4.04. The lowest BCUT2D eigenvalue weighted by atomic mass is 9.82. The second-order valence-corrected chi connectivity index (χ2v) is 7.40. The summed E-state index contributed by atoms with van der Waals surface area (Å²) in [7, 11) is 0. The van der Waals surface area contributed by atoms with E-state index in [1.165, 1.54) is 16.8 Å². The van der Waals surface area contributed by atoms with E-state index >= 15 is 0 Å². The predicted molar refractivity (Wildman–Crippen MR) is 110 cm³/mol. The van der Waals surface area contributed by atoms with Crippen LogP contribution in [0.5, 0.6) is 0 Å². The number of nitrogens with zero attached hydrogens (tertiary/aromatic N) is 1. The van der Waals surface area contributed by atoms with Crippen molar-refractivity contribution in [3.63, 3.8) is 0 Å². The number of aliphatic hydroxyl groups is 1. The van der Waals surface area contributed by atoms with Crippen molar-refractivity contribution >= 4 is 0 Å². The molecule has 0 aliphatic carbocycles. The highest BCUT2D eigenvalue weighted by Gasteiger charge is 2.56. The summed E-state index contributed by atoms with van der Waals surface area (Å²) in [6.07, 6.45) is 0. The van der Waals surface area contributed by atoms with Gasteiger partial charge < -0.3 is 10.0 Å². The first-order chi connectivity index (χ1) is 13.1. The molecular formula is C25H25NO. The third-order valence-corrected chi connectivity index (χ3v) is 5.34. The average Bonchev–Trinajstić information content (AvgIpc) is 3.44. The Balaban J connectivity index is 1.79. The molecule has 0 radical (unpaired) electrons. The van der Waals surface area contributed by atoms with E-state index in [2.05, 4.69) is 43.0 Å². The monoisotopic (exact) mass is 355 g/mol. The summed E-state index contributed by atoms with van der Waals surface area (Å²) in [6, 6.07) is 30.4. The van der Waals surface area contributed by atoms with Crippen molar-refractivity contribution in [2.24, 2.45) is 0 Å². The van der Waals surface area contributed by atoms with Crippen LogP contribution in [-0.2, 0) is 12.1 Å². The van der Waals surface area contributed by atoms with E-state index in [9.17, 15) is 5.11 Å². The van der Waals surface area contributed by atoms with Gasteiger partial charge in [0, 0.05) is 12.2 Å². The number of allylic oxidation sites excluding steroid dienone is 1. The molecular weight excluding hydrogens is 330 g/mol. The molecule has 0 spiro atoms. The summed E-state index contributed by atoms with van der Waals surface area (Å²) in [5, 5.41) is 12.1. The summed E-state index contributed by atoms with van der Waals surface area (Å²) < 4.78 is 0. The predicted octanol–water partition coefficient (Wildman–Crippen LogP) is 5.10. The van der Waals surface area contributed by atoms with Crippen LogP contribution in [-0.4, -0.2) is 16.0 Å². The molecule has 2 nitrogen and oxygen atoms in total.